The summed E-state index contributed by atoms with van der Waals surface area (Å²) in [4.78, 5) is 10.7. The van der Waals surface area contributed by atoms with Crippen LogP contribution in [0.25, 0.3) is 0 Å². The number of nitrogens with one attached hydrogen (secondary N) is 1. The van der Waals surface area contributed by atoms with Gasteiger partial charge in [-0.25, -0.2) is 4.79 Å². The molecule has 6 heteroatoms. The smallest absolute Gasteiger partial charge is 0.336 e. The van der Waals surface area contributed by atoms with Gasteiger partial charge < -0.3 is 25.0 Å². The number of aliphatic hydroxyl groups is 1. The Morgan fingerprint density at radius 1 is 1.69 bits per heavy atom. The predicted octanol–water partition coefficient (Wildman–Crippen LogP) is -0.783. The molecule has 3 N–H and O–H groups in total. The van der Waals surface area contributed by atoms with Gasteiger partial charge >= 0.3 is 5.97 Å². The van der Waals surface area contributed by atoms with Crippen LogP contribution in [0.1, 0.15) is 13.3 Å². The molecule has 1 heterocycles. The van der Waals surface area contributed by atoms with Crippen molar-refractivity contribution in [1.29, 1.82) is 0 Å². The largest absolute Gasteiger partial charge is 0.479 e. The number of rotatable bonds is 6. The zero-order valence-corrected chi connectivity index (χ0v) is 9.65. The van der Waals surface area contributed by atoms with E-state index in [1.807, 2.05) is 0 Å². The van der Waals surface area contributed by atoms with Crippen molar-refractivity contribution >= 4 is 5.97 Å². The Morgan fingerprint density at radius 2 is 2.38 bits per heavy atom. The van der Waals surface area contributed by atoms with E-state index in [-0.39, 0.29) is 6.54 Å². The highest BCUT2D eigenvalue weighted by Crippen LogP contribution is 2.21. The summed E-state index contributed by atoms with van der Waals surface area (Å²) >= 11 is 0. The first-order valence-corrected chi connectivity index (χ1v) is 5.21. The van der Waals surface area contributed by atoms with Crippen LogP contribution in [0, 0.1) is 0 Å². The van der Waals surface area contributed by atoms with Gasteiger partial charge in [0.05, 0.1) is 6.61 Å². The van der Waals surface area contributed by atoms with Gasteiger partial charge in [0.2, 0.25) is 0 Å². The molecule has 0 aromatic carbocycles. The number of aliphatic carboxylic acids is 1. The standard InChI is InChI=1S/C10H19NO5/c1-9(14,8(12)13)5-11-6-10(15-2)3-4-16-7-10/h11,14H,3-7H2,1-2H3,(H,12,13). The molecule has 0 aliphatic carbocycles. The summed E-state index contributed by atoms with van der Waals surface area (Å²) in [7, 11) is 1.60. The Kier molecular flexibility index (Phi) is 4.26. The number of carboxylic acids is 1. The molecule has 6 nitrogen and oxygen atoms in total. The molecule has 0 bridgehead atoms. The zero-order chi connectivity index (χ0) is 12.2. The van der Waals surface area contributed by atoms with Crippen molar-refractivity contribution in [3.8, 4) is 0 Å². The molecule has 94 valence electrons. The van der Waals surface area contributed by atoms with Gasteiger partial charge in [0, 0.05) is 33.2 Å². The molecule has 0 aromatic rings. The molecule has 1 saturated heterocycles. The molecule has 1 aliphatic rings. The average molecular weight is 233 g/mol. The maximum Gasteiger partial charge on any atom is 0.336 e. The van der Waals surface area contributed by atoms with Gasteiger partial charge in [0.1, 0.15) is 5.60 Å². The second-order valence-electron chi connectivity index (χ2n) is 4.37. The molecule has 0 spiro atoms. The normalized spacial score (nSPS) is 28.9. The van der Waals surface area contributed by atoms with Crippen molar-refractivity contribution in [3.63, 3.8) is 0 Å². The Labute approximate surface area is 94.5 Å². The Balaban J connectivity index is 2.37. The van der Waals surface area contributed by atoms with Crippen molar-refractivity contribution < 1.29 is 24.5 Å². The van der Waals surface area contributed by atoms with Gasteiger partial charge in [-0.3, -0.25) is 0 Å². The van der Waals surface area contributed by atoms with Crippen molar-refractivity contribution in [2.45, 2.75) is 24.5 Å². The molecule has 1 fully saturated rings. The van der Waals surface area contributed by atoms with E-state index in [1.54, 1.807) is 7.11 Å². The molecule has 2 unspecified atom stereocenters. The predicted molar refractivity (Wildman–Crippen MR) is 56.3 cm³/mol. The fraction of sp³-hybridized carbons (Fsp3) is 0.900. The van der Waals surface area contributed by atoms with Crippen LogP contribution in [0.3, 0.4) is 0 Å². The van der Waals surface area contributed by atoms with Crippen molar-refractivity contribution in [3.05, 3.63) is 0 Å². The molecular formula is C10H19NO5. The lowest BCUT2D eigenvalue weighted by Gasteiger charge is -2.27. The van der Waals surface area contributed by atoms with E-state index in [0.29, 0.717) is 19.8 Å². The van der Waals surface area contributed by atoms with E-state index in [2.05, 4.69) is 5.32 Å². The van der Waals surface area contributed by atoms with Crippen molar-refractivity contribution in [2.75, 3.05) is 33.4 Å². The highest BCUT2D eigenvalue weighted by atomic mass is 16.5. The third-order valence-electron chi connectivity index (χ3n) is 2.88. The number of hydrogen-bond donors (Lipinski definition) is 3. The lowest BCUT2D eigenvalue weighted by Crippen LogP contribution is -2.50. The molecule has 16 heavy (non-hydrogen) atoms. The maximum atomic E-state index is 10.7. The number of carboxylic acid groups (broad SMARTS) is 1. The van der Waals surface area contributed by atoms with Crippen LogP contribution >= 0.6 is 0 Å². The summed E-state index contributed by atoms with van der Waals surface area (Å²) in [5.74, 6) is -1.24. The minimum Gasteiger partial charge on any atom is -0.479 e. The van der Waals surface area contributed by atoms with Gasteiger partial charge in [-0.2, -0.15) is 0 Å². The Bertz CT molecular complexity index is 248. The first kappa shape index (κ1) is 13.4. The summed E-state index contributed by atoms with van der Waals surface area (Å²) in [6, 6.07) is 0. The summed E-state index contributed by atoms with van der Waals surface area (Å²) in [5, 5.41) is 21.1. The van der Waals surface area contributed by atoms with E-state index in [4.69, 9.17) is 14.6 Å². The first-order valence-electron chi connectivity index (χ1n) is 5.21. The SMILES string of the molecule is COC1(CNCC(C)(O)C(=O)O)CCOC1. The Morgan fingerprint density at radius 3 is 2.81 bits per heavy atom. The molecular weight excluding hydrogens is 214 g/mol. The van der Waals surface area contributed by atoms with Crippen LogP contribution in [0.4, 0.5) is 0 Å². The van der Waals surface area contributed by atoms with Gasteiger partial charge in [0.25, 0.3) is 0 Å². The average Bonchev–Trinajstić information content (AvgIpc) is 2.67. The molecule has 2 atom stereocenters. The van der Waals surface area contributed by atoms with Gasteiger partial charge in [-0.1, -0.05) is 0 Å². The van der Waals surface area contributed by atoms with Crippen molar-refractivity contribution in [2.24, 2.45) is 0 Å². The van der Waals surface area contributed by atoms with Crippen LogP contribution < -0.4 is 5.32 Å². The lowest BCUT2D eigenvalue weighted by molar-refractivity contribution is -0.156. The van der Waals surface area contributed by atoms with Crippen LogP contribution in [0.15, 0.2) is 0 Å². The van der Waals surface area contributed by atoms with Crippen LogP contribution in [-0.2, 0) is 14.3 Å². The van der Waals surface area contributed by atoms with Crippen molar-refractivity contribution in [1.82, 2.24) is 5.32 Å². The number of carbonyl (C=O) groups is 1. The third kappa shape index (κ3) is 3.15. The monoisotopic (exact) mass is 233 g/mol. The number of ether oxygens (including phenoxy) is 2. The minimum absolute atomic E-state index is 0.0204. The van der Waals surface area contributed by atoms with E-state index in [1.165, 1.54) is 6.92 Å². The molecule has 0 saturated carbocycles. The number of methoxy groups -OCH3 is 1. The topological polar surface area (TPSA) is 88.0 Å². The third-order valence-corrected chi connectivity index (χ3v) is 2.88. The molecule has 1 aliphatic heterocycles. The van der Waals surface area contributed by atoms with Gasteiger partial charge in [-0.05, 0) is 6.92 Å². The maximum absolute atomic E-state index is 10.7. The van der Waals surface area contributed by atoms with Gasteiger partial charge in [-0.15, -0.1) is 0 Å². The summed E-state index contributed by atoms with van der Waals surface area (Å²) in [6.45, 7) is 2.84. The fourth-order valence-electron chi connectivity index (χ4n) is 1.57. The van der Waals surface area contributed by atoms with Crippen LogP contribution in [0.2, 0.25) is 0 Å². The molecule has 0 aromatic heterocycles. The second-order valence-corrected chi connectivity index (χ2v) is 4.37. The van der Waals surface area contributed by atoms with Crippen LogP contribution in [0.5, 0.6) is 0 Å². The van der Waals surface area contributed by atoms with Crippen LogP contribution in [-0.4, -0.2) is 60.8 Å². The molecule has 1 rings (SSSR count). The summed E-state index contributed by atoms with van der Waals surface area (Å²) in [5.41, 5.74) is -2.15. The zero-order valence-electron chi connectivity index (χ0n) is 9.65. The quantitative estimate of drug-likeness (QED) is 0.557. The highest BCUT2D eigenvalue weighted by molar-refractivity contribution is 5.76. The summed E-state index contributed by atoms with van der Waals surface area (Å²) < 4.78 is 10.6. The fourth-order valence-corrected chi connectivity index (χ4v) is 1.57. The molecule has 0 amide bonds. The minimum atomic E-state index is -1.76. The first-order chi connectivity index (χ1) is 7.42. The van der Waals surface area contributed by atoms with E-state index in [0.717, 1.165) is 6.42 Å². The molecule has 0 radical (unpaired) electrons. The number of hydrogen-bond acceptors (Lipinski definition) is 5. The Hall–Kier alpha value is -0.690. The van der Waals surface area contributed by atoms with E-state index < -0.39 is 17.2 Å². The van der Waals surface area contributed by atoms with E-state index in [9.17, 15) is 9.90 Å². The highest BCUT2D eigenvalue weighted by Gasteiger charge is 2.36. The second kappa shape index (κ2) is 5.09. The van der Waals surface area contributed by atoms with E-state index >= 15 is 0 Å². The lowest BCUT2D eigenvalue weighted by atomic mass is 10.0. The van der Waals surface area contributed by atoms with Gasteiger partial charge in [0.15, 0.2) is 5.60 Å². The summed E-state index contributed by atoms with van der Waals surface area (Å²) in [6.07, 6.45) is 0.770.